The van der Waals surface area contributed by atoms with Crippen molar-refractivity contribution in [3.8, 4) is 0 Å². The first kappa shape index (κ1) is 24.7. The van der Waals surface area contributed by atoms with Crippen LogP contribution in [0.25, 0.3) is 0 Å². The van der Waals surface area contributed by atoms with Crippen LogP contribution >= 0.6 is 0 Å². The van der Waals surface area contributed by atoms with Crippen LogP contribution in [0.3, 0.4) is 0 Å². The molecule has 0 aliphatic rings. The Labute approximate surface area is 108 Å². The van der Waals surface area contributed by atoms with Gasteiger partial charge < -0.3 is 20.1 Å². The van der Waals surface area contributed by atoms with Crippen LogP contribution in [0.4, 0.5) is 0 Å². The zero-order chi connectivity index (χ0) is 12.9. The van der Waals surface area contributed by atoms with Crippen LogP contribution in [-0.2, 0) is 9.59 Å². The number of carbonyl (C=O) groups excluding carboxylic acids is 2. The number of ketones is 1. The third-order valence-corrected chi connectivity index (χ3v) is 1.18. The average molecular weight is 246 g/mol. The summed E-state index contributed by atoms with van der Waals surface area (Å²) in [6, 6.07) is 0. The van der Waals surface area contributed by atoms with Crippen molar-refractivity contribution in [1.82, 2.24) is 0 Å². The predicted molar refractivity (Wildman–Crippen MR) is 56.3 cm³/mol. The molecule has 0 saturated heterocycles. The molecule has 1 unspecified atom stereocenters. The Hall–Kier alpha value is -0.408. The van der Waals surface area contributed by atoms with Crippen LogP contribution in [-0.4, -0.2) is 42.3 Å². The number of Topliss-reactive ketones (excluding diaryl/α,β-unsaturated/α-hetero) is 1. The maximum Gasteiger partial charge on any atom is 3.00 e. The average Bonchev–Trinajstić information content (AvgIpc) is 2.06. The first-order valence-corrected chi connectivity index (χ1v) is 4.80. The zero-order valence-corrected chi connectivity index (χ0v) is 11.5. The van der Waals surface area contributed by atoms with E-state index in [0.717, 1.165) is 0 Å². The Balaban J connectivity index is -0.0000000870. The monoisotopic (exact) mass is 246 g/mol. The van der Waals surface area contributed by atoms with Gasteiger partial charge in [0.05, 0.1) is 11.9 Å². The van der Waals surface area contributed by atoms with Gasteiger partial charge in [-0.15, -0.1) is 13.2 Å². The molecule has 0 radical (unpaired) electrons. The van der Waals surface area contributed by atoms with E-state index in [2.05, 4.69) is 0 Å². The maximum atomic E-state index is 10.4. The van der Waals surface area contributed by atoms with Crippen molar-refractivity contribution in [2.24, 2.45) is 5.92 Å². The molecule has 0 aromatic rings. The Morgan fingerprint density at radius 3 is 1.31 bits per heavy atom. The van der Waals surface area contributed by atoms with E-state index in [1.54, 1.807) is 20.8 Å². The summed E-state index contributed by atoms with van der Waals surface area (Å²) < 4.78 is 0. The predicted octanol–water partition coefficient (Wildman–Crippen LogP) is -2.30. The van der Waals surface area contributed by atoms with Gasteiger partial charge in [0.15, 0.2) is 0 Å². The summed E-state index contributed by atoms with van der Waals surface area (Å²) >= 11 is 0. The molecule has 16 heavy (non-hydrogen) atoms. The van der Waals surface area contributed by atoms with E-state index >= 15 is 0 Å². The van der Waals surface area contributed by atoms with Gasteiger partial charge in [-0.1, -0.05) is 20.8 Å². The number of carbonyl (C=O) groups is 2. The largest absolute Gasteiger partial charge is 3.00 e. The summed E-state index contributed by atoms with van der Waals surface area (Å²) in [4.78, 5) is 20.4. The number of hydrogen-bond acceptors (Lipinski definition) is 5. The van der Waals surface area contributed by atoms with E-state index < -0.39 is 11.9 Å². The van der Waals surface area contributed by atoms with Crippen LogP contribution in [0.2, 0.25) is 0 Å². The van der Waals surface area contributed by atoms with Gasteiger partial charge in [-0.05, 0) is 13.3 Å². The third-order valence-electron chi connectivity index (χ3n) is 1.18. The Kier molecular flexibility index (Phi) is 31.0. The molecule has 0 aromatic heterocycles. The fourth-order valence-electron chi connectivity index (χ4n) is 0.620. The minimum Gasteiger partial charge on any atom is -0.855 e. The van der Waals surface area contributed by atoms with Crippen LogP contribution in [0.15, 0.2) is 0 Å². The zero-order valence-electron chi connectivity index (χ0n) is 10.3. The number of rotatable bonds is 3. The summed E-state index contributed by atoms with van der Waals surface area (Å²) in [6.45, 7) is 6.03. The van der Waals surface area contributed by atoms with E-state index in [0.29, 0.717) is 6.42 Å². The van der Waals surface area contributed by atoms with Crippen molar-refractivity contribution < 1.29 is 24.9 Å². The van der Waals surface area contributed by atoms with Crippen LogP contribution in [0.5, 0.6) is 0 Å². The molecule has 92 valence electrons. The maximum absolute atomic E-state index is 10.4. The molecule has 0 aromatic carbocycles. The van der Waals surface area contributed by atoms with Gasteiger partial charge in [0.2, 0.25) is 0 Å². The van der Waals surface area contributed by atoms with Gasteiger partial charge in [0, 0.05) is 0 Å². The fourth-order valence-corrected chi connectivity index (χ4v) is 0.620. The van der Waals surface area contributed by atoms with Gasteiger partial charge in [-0.3, -0.25) is 4.79 Å². The second kappa shape index (κ2) is 20.1. The molecule has 1 atom stereocenters. The fraction of sp³-hybridized carbons (Fsp3) is 0.800. The van der Waals surface area contributed by atoms with Gasteiger partial charge in [-0.2, -0.15) is 0 Å². The molecule has 0 saturated carbocycles. The number of carboxylic acids is 1. The molecule has 0 fully saturated rings. The standard InChI is InChI=1S/C6H10O3.2C2H5O.Al/c1-3-5(4(2)7)6(8)9;2*1-2-3;/h5H,3H2,1-2H3,(H,8,9);2*2H2,1H3;/q;2*-1;+3/p-1. The SMILES string of the molecule is CCC(C(C)=O)C(=O)[O-].CC[O-].CC[O-].[Al+3]. The molecule has 0 spiro atoms. The van der Waals surface area contributed by atoms with Gasteiger partial charge in [0.1, 0.15) is 5.78 Å². The van der Waals surface area contributed by atoms with E-state index in [1.165, 1.54) is 6.92 Å². The van der Waals surface area contributed by atoms with E-state index in [1.807, 2.05) is 0 Å². The van der Waals surface area contributed by atoms with Gasteiger partial charge >= 0.3 is 17.4 Å². The van der Waals surface area contributed by atoms with Crippen molar-refractivity contribution in [3.63, 3.8) is 0 Å². The number of hydrogen-bond donors (Lipinski definition) is 0. The summed E-state index contributed by atoms with van der Waals surface area (Å²) in [5.41, 5.74) is 0. The van der Waals surface area contributed by atoms with E-state index in [9.17, 15) is 14.7 Å². The minimum absolute atomic E-state index is 0. The Morgan fingerprint density at radius 1 is 1.06 bits per heavy atom. The van der Waals surface area contributed by atoms with Crippen molar-refractivity contribution in [2.75, 3.05) is 13.2 Å². The van der Waals surface area contributed by atoms with Crippen molar-refractivity contribution in [2.45, 2.75) is 34.1 Å². The van der Waals surface area contributed by atoms with Crippen LogP contribution in [0.1, 0.15) is 34.1 Å². The molecule has 0 rings (SSSR count). The first-order valence-electron chi connectivity index (χ1n) is 4.80. The second-order valence-corrected chi connectivity index (χ2v) is 2.47. The van der Waals surface area contributed by atoms with Gasteiger partial charge in [0.25, 0.3) is 0 Å². The summed E-state index contributed by atoms with van der Waals surface area (Å²) in [7, 11) is 0. The summed E-state index contributed by atoms with van der Waals surface area (Å²) in [5, 5.41) is 27.9. The van der Waals surface area contributed by atoms with E-state index in [-0.39, 0.29) is 36.4 Å². The van der Waals surface area contributed by atoms with Crippen molar-refractivity contribution >= 4 is 29.1 Å². The molecule has 0 N–H and O–H groups in total. The molecule has 6 heteroatoms. The Morgan fingerprint density at radius 2 is 1.31 bits per heavy atom. The second-order valence-electron chi connectivity index (χ2n) is 2.47. The smallest absolute Gasteiger partial charge is 0.855 e. The molecule has 5 nitrogen and oxygen atoms in total. The third kappa shape index (κ3) is 23.4. The van der Waals surface area contributed by atoms with E-state index in [4.69, 9.17) is 10.2 Å². The molecule has 0 amide bonds. The molecule has 0 aliphatic heterocycles. The number of aliphatic carboxylic acids is 1. The van der Waals surface area contributed by atoms with Crippen LogP contribution < -0.4 is 15.3 Å². The molecule has 0 bridgehead atoms. The quantitative estimate of drug-likeness (QED) is 0.411. The molecule has 0 heterocycles. The summed E-state index contributed by atoms with van der Waals surface area (Å²) in [6.07, 6.45) is 0.317. The summed E-state index contributed by atoms with van der Waals surface area (Å²) in [5.74, 6) is -2.52. The topological polar surface area (TPSA) is 103 Å². The Bertz CT molecular complexity index is 145. The van der Waals surface area contributed by atoms with Crippen molar-refractivity contribution in [1.29, 1.82) is 0 Å². The van der Waals surface area contributed by atoms with Gasteiger partial charge in [-0.25, -0.2) is 0 Å². The molecule has 0 aliphatic carbocycles. The first-order chi connectivity index (χ1) is 6.92. The van der Waals surface area contributed by atoms with Crippen molar-refractivity contribution in [3.05, 3.63) is 0 Å². The number of carboxylic acid groups (broad SMARTS) is 1. The van der Waals surface area contributed by atoms with Crippen LogP contribution in [0, 0.1) is 5.92 Å². The molecular weight excluding hydrogens is 227 g/mol. The molecular formula is C10H19AlO5. The normalized spacial score (nSPS) is 9.38. The minimum atomic E-state index is -1.27.